The van der Waals surface area contributed by atoms with Crippen LogP contribution < -0.4 is 4.90 Å². The highest BCUT2D eigenvalue weighted by Gasteiger charge is 2.25. The highest BCUT2D eigenvalue weighted by Crippen LogP contribution is 2.39. The average Bonchev–Trinajstić information content (AvgIpc) is 2.84. The number of likely N-dealkylation sites (N-methyl/N-ethyl adjacent to an activating group) is 1. The van der Waals surface area contributed by atoms with Crippen molar-refractivity contribution >= 4 is 33.3 Å². The van der Waals surface area contributed by atoms with Gasteiger partial charge in [-0.25, -0.2) is 14.8 Å². The van der Waals surface area contributed by atoms with Crippen molar-refractivity contribution in [3.05, 3.63) is 16.8 Å². The summed E-state index contributed by atoms with van der Waals surface area (Å²) in [5.74, 6) is -0.104. The number of anilines is 1. The lowest BCUT2D eigenvalue weighted by molar-refractivity contribution is -0.138. The molecular weight excluding hydrogens is 274 g/mol. The number of fused-ring (bicyclic) bond motifs is 3. The number of aromatic nitrogens is 2. The summed E-state index contributed by atoms with van der Waals surface area (Å²) >= 11 is 1.73. The van der Waals surface area contributed by atoms with E-state index < -0.39 is 12.0 Å². The summed E-state index contributed by atoms with van der Waals surface area (Å²) < 4.78 is 0. The molecule has 5 nitrogen and oxygen atoms in total. The van der Waals surface area contributed by atoms with Crippen molar-refractivity contribution < 1.29 is 9.90 Å². The highest BCUT2D eigenvalue weighted by molar-refractivity contribution is 7.19. The Balaban J connectivity index is 2.15. The summed E-state index contributed by atoms with van der Waals surface area (Å²) in [4.78, 5) is 24.0. The zero-order chi connectivity index (χ0) is 14.3. The van der Waals surface area contributed by atoms with Gasteiger partial charge in [0, 0.05) is 11.9 Å². The van der Waals surface area contributed by atoms with E-state index in [1.54, 1.807) is 30.2 Å². The maximum atomic E-state index is 11.2. The van der Waals surface area contributed by atoms with Gasteiger partial charge in [0.2, 0.25) is 0 Å². The number of carboxylic acid groups (broad SMARTS) is 1. The molecule has 1 unspecified atom stereocenters. The molecule has 3 rings (SSSR count). The van der Waals surface area contributed by atoms with E-state index in [1.165, 1.54) is 29.6 Å². The molecule has 2 heterocycles. The minimum Gasteiger partial charge on any atom is -0.480 e. The fourth-order valence-electron chi connectivity index (χ4n) is 2.69. The topological polar surface area (TPSA) is 66.3 Å². The van der Waals surface area contributed by atoms with Gasteiger partial charge in [-0.15, -0.1) is 11.3 Å². The Hall–Kier alpha value is -1.69. The predicted molar refractivity (Wildman–Crippen MR) is 79.6 cm³/mol. The van der Waals surface area contributed by atoms with Gasteiger partial charge in [-0.05, 0) is 38.2 Å². The summed E-state index contributed by atoms with van der Waals surface area (Å²) in [5.41, 5.74) is 1.33. The van der Waals surface area contributed by atoms with Gasteiger partial charge in [-0.2, -0.15) is 0 Å². The number of aryl methyl sites for hydroxylation is 2. The third-order valence-electron chi connectivity index (χ3n) is 4.00. The first kappa shape index (κ1) is 13.3. The summed E-state index contributed by atoms with van der Waals surface area (Å²) in [7, 11) is 1.79. The van der Waals surface area contributed by atoms with Crippen LogP contribution in [0.15, 0.2) is 6.33 Å². The first-order chi connectivity index (χ1) is 9.59. The SMILES string of the molecule is CC(C(=O)O)N(C)c1ncnc2sc3c(c12)CCCC3. The third kappa shape index (κ3) is 2.04. The predicted octanol–water partition coefficient (Wildman–Crippen LogP) is 2.48. The minimum absolute atomic E-state index is 0.604. The average molecular weight is 291 g/mol. The van der Waals surface area contributed by atoms with E-state index in [2.05, 4.69) is 9.97 Å². The monoisotopic (exact) mass is 291 g/mol. The molecule has 0 saturated carbocycles. The molecule has 1 aliphatic rings. The summed E-state index contributed by atoms with van der Waals surface area (Å²) in [6.45, 7) is 1.68. The Labute approximate surface area is 121 Å². The number of hydrogen-bond donors (Lipinski definition) is 1. The molecule has 0 aliphatic heterocycles. The van der Waals surface area contributed by atoms with Crippen molar-refractivity contribution in [2.45, 2.75) is 38.6 Å². The van der Waals surface area contributed by atoms with E-state index in [-0.39, 0.29) is 0 Å². The van der Waals surface area contributed by atoms with E-state index >= 15 is 0 Å². The number of thiophene rings is 1. The van der Waals surface area contributed by atoms with Gasteiger partial charge in [0.15, 0.2) is 0 Å². The molecular formula is C14H17N3O2S. The van der Waals surface area contributed by atoms with E-state index in [0.717, 1.165) is 28.9 Å². The van der Waals surface area contributed by atoms with Crippen LogP contribution in [-0.4, -0.2) is 34.1 Å². The number of rotatable bonds is 3. The van der Waals surface area contributed by atoms with Crippen LogP contribution in [0.25, 0.3) is 10.2 Å². The Morgan fingerprint density at radius 3 is 2.90 bits per heavy atom. The summed E-state index contributed by atoms with van der Waals surface area (Å²) in [6.07, 6.45) is 6.10. The fourth-order valence-corrected chi connectivity index (χ4v) is 3.91. The van der Waals surface area contributed by atoms with Gasteiger partial charge in [-0.3, -0.25) is 0 Å². The van der Waals surface area contributed by atoms with Crippen LogP contribution in [0.3, 0.4) is 0 Å². The normalized spacial score (nSPS) is 15.9. The molecule has 6 heteroatoms. The van der Waals surface area contributed by atoms with Crippen LogP contribution >= 0.6 is 11.3 Å². The van der Waals surface area contributed by atoms with Crippen LogP contribution in [0, 0.1) is 0 Å². The van der Waals surface area contributed by atoms with Crippen LogP contribution in [0.4, 0.5) is 5.82 Å². The van der Waals surface area contributed by atoms with Crippen LogP contribution in [0.2, 0.25) is 0 Å². The molecule has 1 N–H and O–H groups in total. The number of carboxylic acids is 1. The molecule has 0 bridgehead atoms. The van der Waals surface area contributed by atoms with Gasteiger partial charge < -0.3 is 10.0 Å². The second kappa shape index (κ2) is 5.01. The largest absolute Gasteiger partial charge is 0.480 e. The zero-order valence-corrected chi connectivity index (χ0v) is 12.4. The van der Waals surface area contributed by atoms with Crippen molar-refractivity contribution in [2.75, 3.05) is 11.9 Å². The second-order valence-corrected chi connectivity index (χ2v) is 6.30. The van der Waals surface area contributed by atoms with E-state index in [4.69, 9.17) is 0 Å². The number of hydrogen-bond acceptors (Lipinski definition) is 5. The molecule has 0 radical (unpaired) electrons. The van der Waals surface area contributed by atoms with E-state index in [0.29, 0.717) is 0 Å². The Morgan fingerprint density at radius 1 is 1.40 bits per heavy atom. The van der Waals surface area contributed by atoms with E-state index in [1.807, 2.05) is 0 Å². The molecule has 0 fully saturated rings. The highest BCUT2D eigenvalue weighted by atomic mass is 32.1. The Kier molecular flexibility index (Phi) is 3.33. The molecule has 20 heavy (non-hydrogen) atoms. The van der Waals surface area contributed by atoms with Crippen molar-refractivity contribution in [2.24, 2.45) is 0 Å². The minimum atomic E-state index is -0.844. The number of carbonyl (C=O) groups is 1. The van der Waals surface area contributed by atoms with Gasteiger partial charge in [0.25, 0.3) is 0 Å². The maximum Gasteiger partial charge on any atom is 0.326 e. The lowest BCUT2D eigenvalue weighted by Crippen LogP contribution is -2.36. The molecule has 1 atom stereocenters. The zero-order valence-electron chi connectivity index (χ0n) is 11.6. The van der Waals surface area contributed by atoms with Gasteiger partial charge >= 0.3 is 5.97 Å². The molecule has 1 aliphatic carbocycles. The van der Waals surface area contributed by atoms with Crippen molar-refractivity contribution in [1.29, 1.82) is 0 Å². The van der Waals surface area contributed by atoms with Crippen LogP contribution in [-0.2, 0) is 17.6 Å². The van der Waals surface area contributed by atoms with Gasteiger partial charge in [0.05, 0.1) is 5.39 Å². The first-order valence-corrected chi connectivity index (χ1v) is 7.62. The van der Waals surface area contributed by atoms with Gasteiger partial charge in [0.1, 0.15) is 23.0 Å². The molecule has 2 aromatic rings. The molecule has 106 valence electrons. The van der Waals surface area contributed by atoms with Crippen molar-refractivity contribution in [3.63, 3.8) is 0 Å². The Bertz CT molecular complexity index is 668. The first-order valence-electron chi connectivity index (χ1n) is 6.80. The smallest absolute Gasteiger partial charge is 0.326 e. The maximum absolute atomic E-state index is 11.2. The fraction of sp³-hybridized carbons (Fsp3) is 0.500. The summed E-state index contributed by atoms with van der Waals surface area (Å²) in [5, 5.41) is 10.3. The molecule has 2 aromatic heterocycles. The van der Waals surface area contributed by atoms with Gasteiger partial charge in [-0.1, -0.05) is 0 Å². The van der Waals surface area contributed by atoms with Crippen molar-refractivity contribution in [1.82, 2.24) is 9.97 Å². The number of nitrogens with zero attached hydrogens (tertiary/aromatic N) is 3. The second-order valence-electron chi connectivity index (χ2n) is 5.21. The van der Waals surface area contributed by atoms with E-state index in [9.17, 15) is 9.90 Å². The quantitative estimate of drug-likeness (QED) is 0.941. The number of aliphatic carboxylic acids is 1. The molecule has 0 aromatic carbocycles. The van der Waals surface area contributed by atoms with Crippen LogP contribution in [0.5, 0.6) is 0 Å². The van der Waals surface area contributed by atoms with Crippen molar-refractivity contribution in [3.8, 4) is 0 Å². The lowest BCUT2D eigenvalue weighted by Gasteiger charge is -2.23. The summed E-state index contributed by atoms with van der Waals surface area (Å²) in [6, 6.07) is -0.604. The lowest BCUT2D eigenvalue weighted by atomic mass is 9.97. The molecule has 0 saturated heterocycles. The Morgan fingerprint density at radius 2 is 2.15 bits per heavy atom. The third-order valence-corrected chi connectivity index (χ3v) is 5.20. The van der Waals surface area contributed by atoms with Crippen LogP contribution in [0.1, 0.15) is 30.2 Å². The molecule has 0 spiro atoms. The molecule has 0 amide bonds. The standard InChI is InChI=1S/C14H17N3O2S/c1-8(14(18)19)17(2)12-11-9-5-3-4-6-10(9)20-13(11)16-7-15-12/h7-8H,3-6H2,1-2H3,(H,18,19).